The maximum absolute atomic E-state index is 11.5. The first-order valence-electron chi connectivity index (χ1n) is 9.18. The Balaban J connectivity index is 1.85. The van der Waals surface area contributed by atoms with E-state index in [0.29, 0.717) is 24.2 Å². The van der Waals surface area contributed by atoms with E-state index in [9.17, 15) is 14.7 Å². The molecular formula is C19H30O4. The van der Waals surface area contributed by atoms with E-state index in [4.69, 9.17) is 5.11 Å². The van der Waals surface area contributed by atoms with Crippen LogP contribution in [0.3, 0.4) is 0 Å². The van der Waals surface area contributed by atoms with Crippen molar-refractivity contribution >= 4 is 12.3 Å². The molecule has 2 N–H and O–H groups in total. The summed E-state index contributed by atoms with van der Waals surface area (Å²) < 4.78 is 0. The Morgan fingerprint density at radius 2 is 1.87 bits per heavy atom. The van der Waals surface area contributed by atoms with Crippen LogP contribution in [0.2, 0.25) is 0 Å². The highest BCUT2D eigenvalue weighted by molar-refractivity contribution is 5.66. The van der Waals surface area contributed by atoms with Crippen molar-refractivity contribution in [3.05, 3.63) is 0 Å². The third-order valence-corrected chi connectivity index (χ3v) is 7.93. The number of fused-ring (bicyclic) bond motifs is 3. The standard InChI is InChI=1S/C19H30O4/c1-18-9-7-15-13(14(18)5-3-12(18)11-20)4-6-16(21)19(15,2)10-8-17(22)23/h11-16,21H,3-10H2,1-2H3,(H,22,23)/t12-,13?,14?,15?,16?,18-,19-/m1/s1. The molecule has 4 unspecified atom stereocenters. The van der Waals surface area contributed by atoms with Crippen LogP contribution in [-0.2, 0) is 9.59 Å². The van der Waals surface area contributed by atoms with Crippen molar-refractivity contribution in [1.29, 1.82) is 0 Å². The van der Waals surface area contributed by atoms with E-state index in [1.807, 2.05) is 0 Å². The van der Waals surface area contributed by atoms with Crippen LogP contribution in [0, 0.1) is 34.5 Å². The van der Waals surface area contributed by atoms with E-state index < -0.39 is 12.1 Å². The number of aliphatic carboxylic acids is 1. The van der Waals surface area contributed by atoms with Crippen LogP contribution in [0.1, 0.15) is 65.2 Å². The van der Waals surface area contributed by atoms with Crippen molar-refractivity contribution in [1.82, 2.24) is 0 Å². The normalized spacial score (nSPS) is 49.3. The molecule has 0 amide bonds. The van der Waals surface area contributed by atoms with Crippen LogP contribution < -0.4 is 0 Å². The number of carbonyl (C=O) groups excluding carboxylic acids is 1. The summed E-state index contributed by atoms with van der Waals surface area (Å²) in [5, 5.41) is 19.7. The fourth-order valence-electron chi connectivity index (χ4n) is 6.43. The van der Waals surface area contributed by atoms with Crippen LogP contribution >= 0.6 is 0 Å². The Kier molecular flexibility index (Phi) is 4.33. The van der Waals surface area contributed by atoms with Gasteiger partial charge in [-0.3, -0.25) is 4.79 Å². The largest absolute Gasteiger partial charge is 0.481 e. The highest BCUT2D eigenvalue weighted by Gasteiger charge is 2.59. The summed E-state index contributed by atoms with van der Waals surface area (Å²) in [7, 11) is 0. The first kappa shape index (κ1) is 16.9. The average Bonchev–Trinajstić information content (AvgIpc) is 2.85. The Morgan fingerprint density at radius 3 is 2.52 bits per heavy atom. The molecule has 0 radical (unpaired) electrons. The van der Waals surface area contributed by atoms with E-state index in [1.54, 1.807) is 0 Å². The summed E-state index contributed by atoms with van der Waals surface area (Å²) in [5.41, 5.74) is -0.166. The number of hydrogen-bond donors (Lipinski definition) is 2. The molecule has 3 aliphatic rings. The lowest BCUT2D eigenvalue weighted by Gasteiger charge is -2.57. The number of hydrogen-bond acceptors (Lipinski definition) is 3. The van der Waals surface area contributed by atoms with Gasteiger partial charge in [0, 0.05) is 12.3 Å². The van der Waals surface area contributed by atoms with Crippen molar-refractivity contribution in [2.24, 2.45) is 34.5 Å². The van der Waals surface area contributed by atoms with E-state index in [-0.39, 0.29) is 23.2 Å². The molecule has 0 heterocycles. The van der Waals surface area contributed by atoms with Gasteiger partial charge < -0.3 is 15.0 Å². The van der Waals surface area contributed by atoms with Crippen molar-refractivity contribution in [3.63, 3.8) is 0 Å². The van der Waals surface area contributed by atoms with Crippen LogP contribution in [0.25, 0.3) is 0 Å². The monoisotopic (exact) mass is 322 g/mol. The fraction of sp³-hybridized carbons (Fsp3) is 0.895. The molecule has 0 aromatic rings. The lowest BCUT2D eigenvalue weighted by molar-refractivity contribution is -0.147. The number of aliphatic hydroxyl groups excluding tert-OH is 1. The number of carboxylic acids is 1. The van der Waals surface area contributed by atoms with E-state index in [0.717, 1.165) is 38.5 Å². The number of rotatable bonds is 4. The Labute approximate surface area is 138 Å². The van der Waals surface area contributed by atoms with E-state index >= 15 is 0 Å². The summed E-state index contributed by atoms with van der Waals surface area (Å²) in [4.78, 5) is 22.5. The van der Waals surface area contributed by atoms with Crippen molar-refractivity contribution < 1.29 is 19.8 Å². The van der Waals surface area contributed by atoms with Crippen LogP contribution in [0.4, 0.5) is 0 Å². The predicted octanol–water partition coefficient (Wildman–Crippen LogP) is 3.27. The molecule has 0 bridgehead atoms. The zero-order chi connectivity index (χ0) is 16.8. The highest BCUT2D eigenvalue weighted by atomic mass is 16.4. The second-order valence-electron chi connectivity index (χ2n) is 8.73. The van der Waals surface area contributed by atoms with Gasteiger partial charge >= 0.3 is 5.97 Å². The molecule has 4 heteroatoms. The second-order valence-corrected chi connectivity index (χ2v) is 8.73. The zero-order valence-electron chi connectivity index (χ0n) is 14.3. The molecule has 0 aromatic carbocycles. The number of aliphatic hydroxyl groups is 1. The highest BCUT2D eigenvalue weighted by Crippen LogP contribution is 2.64. The molecule has 3 fully saturated rings. The minimum absolute atomic E-state index is 0.124. The van der Waals surface area contributed by atoms with Gasteiger partial charge in [0.2, 0.25) is 0 Å². The van der Waals surface area contributed by atoms with Crippen molar-refractivity contribution in [3.8, 4) is 0 Å². The van der Waals surface area contributed by atoms with Gasteiger partial charge in [-0.25, -0.2) is 0 Å². The van der Waals surface area contributed by atoms with Crippen LogP contribution in [-0.4, -0.2) is 28.6 Å². The molecule has 0 spiro atoms. The Hall–Kier alpha value is -0.900. The maximum atomic E-state index is 11.5. The first-order valence-corrected chi connectivity index (χ1v) is 9.18. The molecule has 3 aliphatic carbocycles. The van der Waals surface area contributed by atoms with Crippen molar-refractivity contribution in [2.45, 2.75) is 71.3 Å². The Bertz CT molecular complexity index is 490. The van der Waals surface area contributed by atoms with Gasteiger partial charge in [0.1, 0.15) is 6.29 Å². The maximum Gasteiger partial charge on any atom is 0.303 e. The Morgan fingerprint density at radius 1 is 1.13 bits per heavy atom. The van der Waals surface area contributed by atoms with Gasteiger partial charge in [0.05, 0.1) is 6.10 Å². The summed E-state index contributed by atoms with van der Waals surface area (Å²) in [5.74, 6) is 0.914. The van der Waals surface area contributed by atoms with Gasteiger partial charge in [0.15, 0.2) is 0 Å². The summed E-state index contributed by atoms with van der Waals surface area (Å²) in [6, 6.07) is 0. The number of carboxylic acid groups (broad SMARTS) is 1. The van der Waals surface area contributed by atoms with E-state index in [1.165, 1.54) is 6.29 Å². The SMILES string of the molecule is C[C@]1(CCC(=O)O)C(O)CCC2C1CC[C@@]1(C)C2CC[C@@H]1C=O. The first-order chi connectivity index (χ1) is 10.8. The third-order valence-electron chi connectivity index (χ3n) is 7.93. The molecule has 0 aromatic heterocycles. The smallest absolute Gasteiger partial charge is 0.303 e. The van der Waals surface area contributed by atoms with Crippen LogP contribution in [0.5, 0.6) is 0 Å². The predicted molar refractivity (Wildman–Crippen MR) is 86.8 cm³/mol. The molecular weight excluding hydrogens is 292 g/mol. The lowest BCUT2D eigenvalue weighted by Crippen LogP contribution is -2.54. The van der Waals surface area contributed by atoms with Gasteiger partial charge in [-0.1, -0.05) is 13.8 Å². The van der Waals surface area contributed by atoms with Gasteiger partial charge in [-0.2, -0.15) is 0 Å². The lowest BCUT2D eigenvalue weighted by atomic mass is 9.48. The fourth-order valence-corrected chi connectivity index (χ4v) is 6.43. The zero-order valence-corrected chi connectivity index (χ0v) is 14.3. The number of aldehydes is 1. The quantitative estimate of drug-likeness (QED) is 0.779. The molecule has 4 nitrogen and oxygen atoms in total. The summed E-state index contributed by atoms with van der Waals surface area (Å²) >= 11 is 0. The van der Waals surface area contributed by atoms with Gasteiger partial charge in [0.25, 0.3) is 0 Å². The van der Waals surface area contributed by atoms with Crippen LogP contribution in [0.15, 0.2) is 0 Å². The number of carbonyl (C=O) groups is 2. The minimum Gasteiger partial charge on any atom is -0.481 e. The van der Waals surface area contributed by atoms with Crippen molar-refractivity contribution in [2.75, 3.05) is 0 Å². The molecule has 130 valence electrons. The minimum atomic E-state index is -0.775. The second kappa shape index (κ2) is 5.87. The molecule has 3 rings (SSSR count). The van der Waals surface area contributed by atoms with E-state index in [2.05, 4.69) is 13.8 Å². The molecule has 0 aliphatic heterocycles. The summed E-state index contributed by atoms with van der Waals surface area (Å²) in [6.45, 7) is 4.39. The third kappa shape index (κ3) is 2.54. The topological polar surface area (TPSA) is 74.6 Å². The average molecular weight is 322 g/mol. The summed E-state index contributed by atoms with van der Waals surface area (Å²) in [6.07, 6.45) is 7.45. The molecule has 0 saturated heterocycles. The molecule has 3 saturated carbocycles. The van der Waals surface area contributed by atoms with Gasteiger partial charge in [-0.05, 0) is 73.5 Å². The molecule has 23 heavy (non-hydrogen) atoms. The molecule has 7 atom stereocenters. The van der Waals surface area contributed by atoms with Gasteiger partial charge in [-0.15, -0.1) is 0 Å².